The van der Waals surface area contributed by atoms with Gasteiger partial charge in [0.25, 0.3) is 0 Å². The number of anilines is 2. The number of hydrogen-bond donors (Lipinski definition) is 1. The van der Waals surface area contributed by atoms with Crippen LogP contribution in [0.25, 0.3) is 11.0 Å². The molecule has 2 aromatic carbocycles. The summed E-state index contributed by atoms with van der Waals surface area (Å²) in [4.78, 5) is 16.0. The number of halogens is 1. The average Bonchev–Trinajstić information content (AvgIpc) is 2.68. The van der Waals surface area contributed by atoms with Crippen molar-refractivity contribution < 1.29 is 4.42 Å². The first kappa shape index (κ1) is 18.8. The summed E-state index contributed by atoms with van der Waals surface area (Å²) in [5.74, 6) is 0. The van der Waals surface area contributed by atoms with Gasteiger partial charge in [-0.1, -0.05) is 23.7 Å². The standard InChI is InChI=1S/C21H20ClN3O2S/c1-14-12-20(26)27-19-13-15(6-7-16(14)19)23-21(28)25-10-8-24(9-11-25)18-5-3-2-4-17(18)22/h2-7,12-13H,8-11H2,1H3,(H,23,28). The number of piperazine rings is 1. The molecule has 28 heavy (non-hydrogen) atoms. The lowest BCUT2D eigenvalue weighted by Crippen LogP contribution is -2.50. The van der Waals surface area contributed by atoms with Gasteiger partial charge in [0.2, 0.25) is 0 Å². The molecule has 7 heteroatoms. The van der Waals surface area contributed by atoms with Crippen molar-refractivity contribution in [2.24, 2.45) is 0 Å². The van der Waals surface area contributed by atoms with Gasteiger partial charge in [0.1, 0.15) is 5.58 Å². The summed E-state index contributed by atoms with van der Waals surface area (Å²) in [6.07, 6.45) is 0. The van der Waals surface area contributed by atoms with E-state index >= 15 is 0 Å². The zero-order valence-electron chi connectivity index (χ0n) is 15.4. The molecule has 3 aromatic rings. The van der Waals surface area contributed by atoms with E-state index in [9.17, 15) is 4.79 Å². The topological polar surface area (TPSA) is 48.7 Å². The lowest BCUT2D eigenvalue weighted by Gasteiger charge is -2.37. The summed E-state index contributed by atoms with van der Waals surface area (Å²) in [5.41, 5.74) is 2.97. The minimum absolute atomic E-state index is 0.347. The first-order valence-electron chi connectivity index (χ1n) is 9.11. The number of hydrogen-bond acceptors (Lipinski definition) is 4. The third-order valence-electron chi connectivity index (χ3n) is 4.96. The highest BCUT2D eigenvalue weighted by molar-refractivity contribution is 7.80. The van der Waals surface area contributed by atoms with Crippen molar-refractivity contribution in [1.82, 2.24) is 4.90 Å². The Morgan fingerprint density at radius 2 is 1.86 bits per heavy atom. The maximum absolute atomic E-state index is 11.6. The lowest BCUT2D eigenvalue weighted by molar-refractivity contribution is 0.391. The monoisotopic (exact) mass is 413 g/mol. The van der Waals surface area contributed by atoms with E-state index in [4.69, 9.17) is 28.2 Å². The van der Waals surface area contributed by atoms with Crippen molar-refractivity contribution in [2.75, 3.05) is 36.4 Å². The van der Waals surface area contributed by atoms with Crippen molar-refractivity contribution in [3.8, 4) is 0 Å². The number of fused-ring (bicyclic) bond motifs is 1. The molecule has 0 amide bonds. The van der Waals surface area contributed by atoms with Crippen LogP contribution < -0.4 is 15.8 Å². The third-order valence-corrected chi connectivity index (χ3v) is 5.64. The van der Waals surface area contributed by atoms with E-state index in [1.165, 1.54) is 6.07 Å². The summed E-state index contributed by atoms with van der Waals surface area (Å²) < 4.78 is 5.31. The summed E-state index contributed by atoms with van der Waals surface area (Å²) in [6.45, 7) is 5.20. The van der Waals surface area contributed by atoms with Gasteiger partial charge in [0.05, 0.1) is 10.7 Å². The Bertz CT molecular complexity index is 1090. The van der Waals surface area contributed by atoms with Crippen LogP contribution in [0.1, 0.15) is 5.56 Å². The predicted molar refractivity (Wildman–Crippen MR) is 119 cm³/mol. The molecular formula is C21H20ClN3O2S. The molecule has 0 radical (unpaired) electrons. The van der Waals surface area contributed by atoms with Gasteiger partial charge in [-0.25, -0.2) is 4.79 Å². The Labute approximate surface area is 173 Å². The maximum Gasteiger partial charge on any atom is 0.336 e. The Morgan fingerprint density at radius 3 is 2.61 bits per heavy atom. The Hall–Kier alpha value is -2.57. The van der Waals surface area contributed by atoms with Crippen LogP contribution >= 0.6 is 23.8 Å². The fraction of sp³-hybridized carbons (Fsp3) is 0.238. The molecule has 1 saturated heterocycles. The predicted octanol–water partition coefficient (Wildman–Crippen LogP) is 4.27. The molecule has 0 saturated carbocycles. The summed E-state index contributed by atoms with van der Waals surface area (Å²) in [6, 6.07) is 15.1. The van der Waals surface area contributed by atoms with E-state index in [0.29, 0.717) is 10.7 Å². The molecule has 0 spiro atoms. The van der Waals surface area contributed by atoms with E-state index in [1.807, 2.05) is 49.4 Å². The lowest BCUT2D eigenvalue weighted by atomic mass is 10.1. The molecular weight excluding hydrogens is 394 g/mol. The minimum Gasteiger partial charge on any atom is -0.423 e. The van der Waals surface area contributed by atoms with Crippen LogP contribution in [0.3, 0.4) is 0 Å². The highest BCUT2D eigenvalue weighted by Crippen LogP contribution is 2.26. The van der Waals surface area contributed by atoms with Crippen LogP contribution in [0.5, 0.6) is 0 Å². The molecule has 0 aliphatic carbocycles. The van der Waals surface area contributed by atoms with E-state index < -0.39 is 0 Å². The van der Waals surface area contributed by atoms with Crippen LogP contribution in [-0.4, -0.2) is 36.2 Å². The summed E-state index contributed by atoms with van der Waals surface area (Å²) in [7, 11) is 0. The Morgan fingerprint density at radius 1 is 1.11 bits per heavy atom. The molecule has 1 aliphatic heterocycles. The first-order chi connectivity index (χ1) is 13.5. The van der Waals surface area contributed by atoms with Crippen LogP contribution in [0.2, 0.25) is 5.02 Å². The van der Waals surface area contributed by atoms with Gasteiger partial charge in [0.15, 0.2) is 5.11 Å². The minimum atomic E-state index is -0.347. The van der Waals surface area contributed by atoms with E-state index in [0.717, 1.165) is 53.5 Å². The van der Waals surface area contributed by atoms with Crippen LogP contribution in [0.4, 0.5) is 11.4 Å². The van der Waals surface area contributed by atoms with Gasteiger partial charge in [-0.2, -0.15) is 0 Å². The van der Waals surface area contributed by atoms with Gasteiger partial charge in [-0.05, 0) is 49.0 Å². The number of thiocarbonyl (C=S) groups is 1. The molecule has 1 fully saturated rings. The summed E-state index contributed by atoms with van der Waals surface area (Å²) >= 11 is 11.9. The Kier molecular flexibility index (Phi) is 5.24. The SMILES string of the molecule is Cc1cc(=O)oc2cc(NC(=S)N3CCN(c4ccccc4Cl)CC3)ccc12. The van der Waals surface area contributed by atoms with Gasteiger partial charge in [0, 0.05) is 49.4 Å². The first-order valence-corrected chi connectivity index (χ1v) is 9.90. The molecule has 144 valence electrons. The highest BCUT2D eigenvalue weighted by Gasteiger charge is 2.20. The number of nitrogens with zero attached hydrogens (tertiary/aromatic N) is 2. The van der Waals surface area contributed by atoms with Crippen LogP contribution in [-0.2, 0) is 0 Å². The average molecular weight is 414 g/mol. The van der Waals surface area contributed by atoms with Crippen molar-refractivity contribution in [3.63, 3.8) is 0 Å². The maximum atomic E-state index is 11.6. The van der Waals surface area contributed by atoms with Gasteiger partial charge in [-0.15, -0.1) is 0 Å². The van der Waals surface area contributed by atoms with Crippen LogP contribution in [0, 0.1) is 6.92 Å². The van der Waals surface area contributed by atoms with Crippen molar-refractivity contribution in [3.05, 3.63) is 69.5 Å². The van der Waals surface area contributed by atoms with Crippen LogP contribution in [0.15, 0.2) is 57.7 Å². The van der Waals surface area contributed by atoms with Gasteiger partial charge in [-0.3, -0.25) is 0 Å². The van der Waals surface area contributed by atoms with Gasteiger partial charge >= 0.3 is 5.63 Å². The molecule has 0 unspecified atom stereocenters. The molecule has 4 rings (SSSR count). The molecule has 0 atom stereocenters. The molecule has 1 aliphatic rings. The highest BCUT2D eigenvalue weighted by atomic mass is 35.5. The number of benzene rings is 2. The molecule has 1 N–H and O–H groups in total. The number of nitrogens with one attached hydrogen (secondary N) is 1. The van der Waals surface area contributed by atoms with Crippen molar-refractivity contribution in [1.29, 1.82) is 0 Å². The van der Waals surface area contributed by atoms with Gasteiger partial charge < -0.3 is 19.5 Å². The second kappa shape index (κ2) is 7.81. The fourth-order valence-electron chi connectivity index (χ4n) is 3.46. The van der Waals surface area contributed by atoms with E-state index in [-0.39, 0.29) is 5.63 Å². The van der Waals surface area contributed by atoms with Crippen molar-refractivity contribution in [2.45, 2.75) is 6.92 Å². The molecule has 5 nitrogen and oxygen atoms in total. The fourth-order valence-corrected chi connectivity index (χ4v) is 4.02. The summed E-state index contributed by atoms with van der Waals surface area (Å²) in [5, 5.41) is 5.61. The third kappa shape index (κ3) is 3.84. The van der Waals surface area contributed by atoms with Crippen molar-refractivity contribution >= 4 is 51.3 Å². The normalized spacial score (nSPS) is 14.4. The quantitative estimate of drug-likeness (QED) is 0.500. The smallest absolute Gasteiger partial charge is 0.336 e. The zero-order valence-corrected chi connectivity index (χ0v) is 17.0. The van der Waals surface area contributed by atoms with E-state index in [2.05, 4.69) is 15.1 Å². The number of aryl methyl sites for hydroxylation is 1. The number of rotatable bonds is 2. The largest absolute Gasteiger partial charge is 0.423 e. The second-order valence-corrected chi connectivity index (χ2v) is 7.61. The molecule has 1 aromatic heterocycles. The molecule has 2 heterocycles. The number of para-hydroxylation sites is 1. The second-order valence-electron chi connectivity index (χ2n) is 6.82. The Balaban J connectivity index is 1.43. The zero-order chi connectivity index (χ0) is 19.7. The molecule has 0 bridgehead atoms. The van der Waals surface area contributed by atoms with E-state index in [1.54, 1.807) is 0 Å².